The fourth-order valence-corrected chi connectivity index (χ4v) is 3.00. The summed E-state index contributed by atoms with van der Waals surface area (Å²) in [7, 11) is 0. The van der Waals surface area contributed by atoms with E-state index in [2.05, 4.69) is 35.4 Å². The van der Waals surface area contributed by atoms with Gasteiger partial charge in [-0.1, -0.05) is 17.4 Å². The largest absolute Gasteiger partial charge is 0.381 e. The summed E-state index contributed by atoms with van der Waals surface area (Å²) >= 11 is 1.73. The zero-order valence-corrected chi connectivity index (χ0v) is 12.1. The van der Waals surface area contributed by atoms with Gasteiger partial charge in [-0.15, -0.1) is 0 Å². The summed E-state index contributed by atoms with van der Waals surface area (Å²) in [6.07, 6.45) is 3.77. The molecule has 0 aliphatic heterocycles. The van der Waals surface area contributed by atoms with Crippen LogP contribution >= 0.6 is 11.3 Å². The summed E-state index contributed by atoms with van der Waals surface area (Å²) in [5, 5.41) is 4.40. The van der Waals surface area contributed by atoms with Gasteiger partial charge in [-0.05, 0) is 49.8 Å². The van der Waals surface area contributed by atoms with Crippen LogP contribution in [0.5, 0.6) is 0 Å². The zero-order chi connectivity index (χ0) is 13.1. The molecule has 0 spiro atoms. The van der Waals surface area contributed by atoms with E-state index in [1.54, 1.807) is 11.3 Å². The molecule has 102 valence electrons. The Morgan fingerprint density at radius 1 is 1.42 bits per heavy atom. The number of nitrogens with one attached hydrogen (secondary N) is 1. The molecular weight excluding hydrogens is 256 g/mol. The van der Waals surface area contributed by atoms with E-state index >= 15 is 0 Å². The van der Waals surface area contributed by atoms with Gasteiger partial charge in [-0.2, -0.15) is 0 Å². The first-order chi connectivity index (χ1) is 9.31. The molecule has 0 saturated heterocycles. The van der Waals surface area contributed by atoms with E-state index in [4.69, 9.17) is 4.74 Å². The van der Waals surface area contributed by atoms with Crippen LogP contribution in [-0.4, -0.2) is 24.7 Å². The molecule has 3 nitrogen and oxygen atoms in total. The second kappa shape index (κ2) is 5.88. The molecule has 0 unspecified atom stereocenters. The van der Waals surface area contributed by atoms with Crippen molar-refractivity contribution in [2.75, 3.05) is 25.1 Å². The van der Waals surface area contributed by atoms with Crippen molar-refractivity contribution in [1.29, 1.82) is 0 Å². The summed E-state index contributed by atoms with van der Waals surface area (Å²) in [5.74, 6) is 0.862. The van der Waals surface area contributed by atoms with Gasteiger partial charge in [0, 0.05) is 19.8 Å². The first-order valence-corrected chi connectivity index (χ1v) is 7.82. The van der Waals surface area contributed by atoms with Gasteiger partial charge in [-0.25, -0.2) is 4.98 Å². The highest BCUT2D eigenvalue weighted by Gasteiger charge is 2.20. The van der Waals surface area contributed by atoms with Gasteiger partial charge < -0.3 is 10.1 Å². The summed E-state index contributed by atoms with van der Waals surface area (Å²) < 4.78 is 6.87. The monoisotopic (exact) mass is 276 g/mol. The Hall–Kier alpha value is -1.13. The van der Waals surface area contributed by atoms with E-state index in [9.17, 15) is 0 Å². The molecular formula is C15H20N2OS. The van der Waals surface area contributed by atoms with Crippen molar-refractivity contribution in [3.05, 3.63) is 23.8 Å². The van der Waals surface area contributed by atoms with Gasteiger partial charge in [0.05, 0.1) is 10.2 Å². The number of hydrogen-bond donors (Lipinski definition) is 1. The molecule has 3 rings (SSSR count). The van der Waals surface area contributed by atoms with Crippen molar-refractivity contribution in [3.8, 4) is 0 Å². The van der Waals surface area contributed by atoms with E-state index in [1.165, 1.54) is 23.1 Å². The van der Waals surface area contributed by atoms with Crippen LogP contribution in [0.25, 0.3) is 10.2 Å². The van der Waals surface area contributed by atoms with Crippen LogP contribution in [0.4, 0.5) is 5.13 Å². The van der Waals surface area contributed by atoms with Crippen LogP contribution in [0.3, 0.4) is 0 Å². The molecule has 2 aromatic rings. The number of anilines is 1. The van der Waals surface area contributed by atoms with E-state index in [1.807, 2.05) is 0 Å². The average Bonchev–Trinajstić information content (AvgIpc) is 3.13. The first-order valence-electron chi connectivity index (χ1n) is 7.00. The molecule has 1 fully saturated rings. The summed E-state index contributed by atoms with van der Waals surface area (Å²) in [4.78, 5) is 4.58. The van der Waals surface area contributed by atoms with Crippen LogP contribution in [0.2, 0.25) is 0 Å². The molecule has 0 bridgehead atoms. The fraction of sp³-hybridized carbons (Fsp3) is 0.533. The van der Waals surface area contributed by atoms with E-state index in [-0.39, 0.29) is 0 Å². The number of fused-ring (bicyclic) bond motifs is 1. The number of aromatic nitrogens is 1. The standard InChI is InChI=1S/C15H20N2OS/c1-11-3-6-13-14(9-11)19-15(17-13)16-7-2-8-18-10-12-4-5-12/h3,6,9,12H,2,4-5,7-8,10H2,1H3,(H,16,17). The van der Waals surface area contributed by atoms with Gasteiger partial charge in [0.2, 0.25) is 0 Å². The molecule has 0 amide bonds. The second-order valence-electron chi connectivity index (χ2n) is 5.29. The first kappa shape index (κ1) is 12.9. The van der Waals surface area contributed by atoms with Crippen molar-refractivity contribution in [2.45, 2.75) is 26.2 Å². The minimum absolute atomic E-state index is 0.855. The molecule has 0 radical (unpaired) electrons. The topological polar surface area (TPSA) is 34.2 Å². The Morgan fingerprint density at radius 2 is 2.32 bits per heavy atom. The Kier molecular flexibility index (Phi) is 3.99. The Balaban J connectivity index is 1.42. The van der Waals surface area contributed by atoms with Crippen molar-refractivity contribution >= 4 is 26.7 Å². The summed E-state index contributed by atoms with van der Waals surface area (Å²) in [5.41, 5.74) is 2.37. The van der Waals surface area contributed by atoms with Crippen LogP contribution in [0.15, 0.2) is 18.2 Å². The molecule has 1 aliphatic carbocycles. The minimum atomic E-state index is 0.855. The third-order valence-electron chi connectivity index (χ3n) is 3.34. The summed E-state index contributed by atoms with van der Waals surface area (Å²) in [6, 6.07) is 6.39. The molecule has 1 heterocycles. The SMILES string of the molecule is Cc1ccc2nc(NCCCOCC3CC3)sc2c1. The third kappa shape index (κ3) is 3.67. The van der Waals surface area contributed by atoms with Crippen LogP contribution in [0.1, 0.15) is 24.8 Å². The predicted octanol–water partition coefficient (Wildman–Crippen LogP) is 3.83. The van der Waals surface area contributed by atoms with Gasteiger partial charge in [0.25, 0.3) is 0 Å². The number of benzene rings is 1. The lowest BCUT2D eigenvalue weighted by molar-refractivity contribution is 0.124. The Morgan fingerprint density at radius 3 is 3.16 bits per heavy atom. The lowest BCUT2D eigenvalue weighted by atomic mass is 10.2. The molecule has 4 heteroatoms. The zero-order valence-electron chi connectivity index (χ0n) is 11.3. The van der Waals surface area contributed by atoms with Crippen molar-refractivity contribution in [2.24, 2.45) is 5.92 Å². The summed E-state index contributed by atoms with van der Waals surface area (Å²) in [6.45, 7) is 4.86. The molecule has 1 aromatic heterocycles. The van der Waals surface area contributed by atoms with Gasteiger partial charge >= 0.3 is 0 Å². The maximum absolute atomic E-state index is 5.61. The normalized spacial score (nSPS) is 15.0. The minimum Gasteiger partial charge on any atom is -0.381 e. The van der Waals surface area contributed by atoms with Crippen molar-refractivity contribution < 1.29 is 4.74 Å². The van der Waals surface area contributed by atoms with Crippen LogP contribution < -0.4 is 5.32 Å². The highest BCUT2D eigenvalue weighted by Crippen LogP contribution is 2.29. The van der Waals surface area contributed by atoms with Gasteiger partial charge in [0.1, 0.15) is 0 Å². The molecule has 1 aromatic carbocycles. The highest BCUT2D eigenvalue weighted by molar-refractivity contribution is 7.22. The fourth-order valence-electron chi connectivity index (χ4n) is 2.01. The highest BCUT2D eigenvalue weighted by atomic mass is 32.1. The number of nitrogens with zero attached hydrogens (tertiary/aromatic N) is 1. The Bertz CT molecular complexity index is 548. The molecule has 1 N–H and O–H groups in total. The lowest BCUT2D eigenvalue weighted by Crippen LogP contribution is -2.06. The van der Waals surface area contributed by atoms with Gasteiger partial charge in [-0.3, -0.25) is 0 Å². The van der Waals surface area contributed by atoms with Gasteiger partial charge in [0.15, 0.2) is 5.13 Å². The van der Waals surface area contributed by atoms with E-state index < -0.39 is 0 Å². The lowest BCUT2D eigenvalue weighted by Gasteiger charge is -2.03. The van der Waals surface area contributed by atoms with Crippen LogP contribution in [0, 0.1) is 12.8 Å². The van der Waals surface area contributed by atoms with Crippen molar-refractivity contribution in [3.63, 3.8) is 0 Å². The van der Waals surface area contributed by atoms with Crippen molar-refractivity contribution in [1.82, 2.24) is 4.98 Å². The smallest absolute Gasteiger partial charge is 0.183 e. The van der Waals surface area contributed by atoms with Crippen LogP contribution in [-0.2, 0) is 4.74 Å². The molecule has 1 saturated carbocycles. The predicted molar refractivity (Wildman–Crippen MR) is 81.0 cm³/mol. The second-order valence-corrected chi connectivity index (χ2v) is 6.32. The van der Waals surface area contributed by atoms with E-state index in [0.717, 1.165) is 42.7 Å². The molecule has 1 aliphatic rings. The number of hydrogen-bond acceptors (Lipinski definition) is 4. The third-order valence-corrected chi connectivity index (χ3v) is 4.31. The van der Waals surface area contributed by atoms with E-state index in [0.29, 0.717) is 0 Å². The number of rotatable bonds is 7. The number of thiazole rings is 1. The number of aryl methyl sites for hydroxylation is 1. The Labute approximate surface area is 118 Å². The molecule has 19 heavy (non-hydrogen) atoms. The quantitative estimate of drug-likeness (QED) is 0.780. The molecule has 0 atom stereocenters. The maximum atomic E-state index is 5.61. The number of ether oxygens (including phenoxy) is 1. The average molecular weight is 276 g/mol. The maximum Gasteiger partial charge on any atom is 0.183 e.